The van der Waals surface area contributed by atoms with E-state index in [1.807, 2.05) is 0 Å². The van der Waals surface area contributed by atoms with Crippen molar-refractivity contribution in [2.24, 2.45) is 0 Å². The predicted octanol–water partition coefficient (Wildman–Crippen LogP) is 6.30. The lowest BCUT2D eigenvalue weighted by Gasteiger charge is -2.13. The van der Waals surface area contributed by atoms with Crippen LogP contribution in [0.4, 0.5) is 0 Å². The van der Waals surface area contributed by atoms with E-state index in [0.717, 1.165) is 24.3 Å². The van der Waals surface area contributed by atoms with Gasteiger partial charge in [-0.2, -0.15) is 0 Å². The van der Waals surface area contributed by atoms with Gasteiger partial charge < -0.3 is 14.2 Å². The smallest absolute Gasteiger partial charge is 0.123 e. The molecule has 0 saturated heterocycles. The largest absolute Gasteiger partial charge is 0.491 e. The van der Waals surface area contributed by atoms with Crippen LogP contribution >= 0.6 is 0 Å². The minimum atomic E-state index is 0.531. The second-order valence-corrected chi connectivity index (χ2v) is 8.54. The van der Waals surface area contributed by atoms with Gasteiger partial charge in [-0.15, -0.1) is 0 Å². The van der Waals surface area contributed by atoms with Gasteiger partial charge in [0, 0.05) is 24.0 Å². The summed E-state index contributed by atoms with van der Waals surface area (Å²) >= 11 is 0. The molecule has 0 atom stereocenters. The summed E-state index contributed by atoms with van der Waals surface area (Å²) in [6, 6.07) is 29.8. The highest BCUT2D eigenvalue weighted by molar-refractivity contribution is 5.79. The Kier molecular flexibility index (Phi) is 5.33. The van der Waals surface area contributed by atoms with Crippen LogP contribution in [-0.4, -0.2) is 26.4 Å². The van der Waals surface area contributed by atoms with E-state index in [2.05, 4.69) is 84.9 Å². The summed E-state index contributed by atoms with van der Waals surface area (Å²) in [5.41, 5.74) is 10.5. The third kappa shape index (κ3) is 3.79. The first-order valence-electron chi connectivity index (χ1n) is 11.6. The molecule has 2 aliphatic rings. The highest BCUT2D eigenvalue weighted by Crippen LogP contribution is 2.42. The maximum absolute atomic E-state index is 6.08. The van der Waals surface area contributed by atoms with Crippen LogP contribution in [0.3, 0.4) is 0 Å². The summed E-state index contributed by atoms with van der Waals surface area (Å²) in [4.78, 5) is 0. The molecule has 2 aliphatic carbocycles. The topological polar surface area (TPSA) is 27.7 Å². The number of ether oxygens (including phenoxy) is 3. The molecule has 33 heavy (non-hydrogen) atoms. The van der Waals surface area contributed by atoms with E-state index >= 15 is 0 Å². The van der Waals surface area contributed by atoms with Gasteiger partial charge in [-0.3, -0.25) is 0 Å². The molecule has 3 heteroatoms. The highest BCUT2D eigenvalue weighted by Gasteiger charge is 2.22. The molecule has 0 bridgehead atoms. The molecule has 0 radical (unpaired) electrons. The molecule has 0 aromatic heterocycles. The van der Waals surface area contributed by atoms with E-state index in [1.54, 1.807) is 0 Å². The van der Waals surface area contributed by atoms with Crippen molar-refractivity contribution in [2.45, 2.75) is 12.8 Å². The fourth-order valence-corrected chi connectivity index (χ4v) is 5.05. The van der Waals surface area contributed by atoms with E-state index in [9.17, 15) is 0 Å². The summed E-state index contributed by atoms with van der Waals surface area (Å²) in [7, 11) is 0. The highest BCUT2D eigenvalue weighted by atomic mass is 16.5. The predicted molar refractivity (Wildman–Crippen MR) is 131 cm³/mol. The Morgan fingerprint density at radius 3 is 1.42 bits per heavy atom. The van der Waals surface area contributed by atoms with Gasteiger partial charge in [0.15, 0.2) is 0 Å². The molecule has 3 nitrogen and oxygen atoms in total. The van der Waals surface area contributed by atoms with Crippen LogP contribution < -0.4 is 9.47 Å². The van der Waals surface area contributed by atoms with Crippen molar-refractivity contribution in [3.8, 4) is 33.8 Å². The van der Waals surface area contributed by atoms with Gasteiger partial charge >= 0.3 is 0 Å². The van der Waals surface area contributed by atoms with E-state index in [0.29, 0.717) is 26.4 Å². The molecule has 164 valence electrons. The summed E-state index contributed by atoms with van der Waals surface area (Å²) in [5.74, 6) is 1.92. The Balaban J connectivity index is 0.985. The maximum Gasteiger partial charge on any atom is 0.123 e. The first-order chi connectivity index (χ1) is 16.4. The van der Waals surface area contributed by atoms with Crippen molar-refractivity contribution in [1.82, 2.24) is 0 Å². The Bertz CT molecular complexity index is 1210. The Morgan fingerprint density at radius 2 is 0.909 bits per heavy atom. The van der Waals surface area contributed by atoms with Crippen LogP contribution in [0.2, 0.25) is 0 Å². The Labute approximate surface area is 194 Å². The normalized spacial score (nSPS) is 12.6. The monoisotopic (exact) mass is 434 g/mol. The SMILES string of the molecule is c1ccc2c(c1)Cc1c(OCCOCCOc3cccc4c3Cc3ccccc3-4)cccc1-2. The summed E-state index contributed by atoms with van der Waals surface area (Å²) in [5, 5.41) is 0. The number of benzene rings is 4. The van der Waals surface area contributed by atoms with E-state index in [-0.39, 0.29) is 0 Å². The Morgan fingerprint density at radius 1 is 0.455 bits per heavy atom. The third-order valence-corrected chi connectivity index (χ3v) is 6.59. The van der Waals surface area contributed by atoms with Crippen LogP contribution in [0.15, 0.2) is 84.9 Å². The molecule has 0 aliphatic heterocycles. The van der Waals surface area contributed by atoms with Gasteiger partial charge in [0.25, 0.3) is 0 Å². The fraction of sp³-hybridized carbons (Fsp3) is 0.200. The van der Waals surface area contributed by atoms with Crippen LogP contribution in [0.25, 0.3) is 22.3 Å². The average Bonchev–Trinajstić information content (AvgIpc) is 3.43. The molecule has 0 spiro atoms. The van der Waals surface area contributed by atoms with Crippen molar-refractivity contribution >= 4 is 0 Å². The summed E-state index contributed by atoms with van der Waals surface area (Å²) in [6.07, 6.45) is 1.86. The van der Waals surface area contributed by atoms with E-state index in [1.165, 1.54) is 44.5 Å². The van der Waals surface area contributed by atoms with Gasteiger partial charge in [0.1, 0.15) is 24.7 Å². The zero-order valence-corrected chi connectivity index (χ0v) is 18.6. The minimum Gasteiger partial charge on any atom is -0.491 e. The first-order valence-corrected chi connectivity index (χ1v) is 11.6. The molecular formula is C30H26O3. The molecule has 4 aromatic carbocycles. The molecular weight excluding hydrogens is 408 g/mol. The molecule has 0 amide bonds. The molecule has 6 rings (SSSR count). The van der Waals surface area contributed by atoms with E-state index < -0.39 is 0 Å². The lowest BCUT2D eigenvalue weighted by Crippen LogP contribution is -2.13. The number of hydrogen-bond donors (Lipinski definition) is 0. The summed E-state index contributed by atoms with van der Waals surface area (Å²) in [6.45, 7) is 2.14. The van der Waals surface area contributed by atoms with Gasteiger partial charge in [-0.05, 0) is 45.5 Å². The zero-order valence-electron chi connectivity index (χ0n) is 18.6. The van der Waals surface area contributed by atoms with Crippen molar-refractivity contribution < 1.29 is 14.2 Å². The van der Waals surface area contributed by atoms with Crippen LogP contribution in [0.1, 0.15) is 22.3 Å². The number of rotatable bonds is 8. The standard InChI is InChI=1S/C30H26O3/c1-3-9-23-21(7-1)19-27-25(23)11-5-13-29(27)32-17-15-31-16-18-33-30-14-6-12-26-24-10-4-2-8-22(24)20-28(26)30/h1-14H,15-20H2. The lowest BCUT2D eigenvalue weighted by atomic mass is 10.1. The second kappa shape index (κ2) is 8.76. The molecule has 0 heterocycles. The van der Waals surface area contributed by atoms with Gasteiger partial charge in [0.05, 0.1) is 13.2 Å². The van der Waals surface area contributed by atoms with Crippen molar-refractivity contribution in [1.29, 1.82) is 0 Å². The average molecular weight is 435 g/mol. The quantitative estimate of drug-likeness (QED) is 0.263. The first kappa shape index (κ1) is 20.1. The lowest BCUT2D eigenvalue weighted by molar-refractivity contribution is 0.0761. The van der Waals surface area contributed by atoms with Crippen LogP contribution in [0.5, 0.6) is 11.5 Å². The van der Waals surface area contributed by atoms with Crippen molar-refractivity contribution in [3.63, 3.8) is 0 Å². The summed E-state index contributed by atoms with van der Waals surface area (Å²) < 4.78 is 17.9. The molecule has 0 N–H and O–H groups in total. The van der Waals surface area contributed by atoms with Gasteiger partial charge in [-0.1, -0.05) is 72.8 Å². The van der Waals surface area contributed by atoms with Gasteiger partial charge in [0.2, 0.25) is 0 Å². The molecule has 4 aromatic rings. The van der Waals surface area contributed by atoms with Crippen molar-refractivity contribution in [2.75, 3.05) is 26.4 Å². The van der Waals surface area contributed by atoms with Crippen LogP contribution in [-0.2, 0) is 17.6 Å². The number of fused-ring (bicyclic) bond motifs is 6. The number of hydrogen-bond acceptors (Lipinski definition) is 3. The Hall–Kier alpha value is -3.56. The van der Waals surface area contributed by atoms with Crippen LogP contribution in [0, 0.1) is 0 Å². The molecule has 0 saturated carbocycles. The molecule has 0 unspecified atom stereocenters. The van der Waals surface area contributed by atoms with Crippen molar-refractivity contribution in [3.05, 3.63) is 107 Å². The third-order valence-electron chi connectivity index (χ3n) is 6.59. The molecule has 0 fully saturated rings. The maximum atomic E-state index is 6.08. The zero-order chi connectivity index (χ0) is 22.0. The fourth-order valence-electron chi connectivity index (χ4n) is 5.05. The van der Waals surface area contributed by atoms with E-state index in [4.69, 9.17) is 14.2 Å². The van der Waals surface area contributed by atoms with Gasteiger partial charge in [-0.25, -0.2) is 0 Å². The minimum absolute atomic E-state index is 0.531. The second-order valence-electron chi connectivity index (χ2n) is 8.54.